The predicted molar refractivity (Wildman–Crippen MR) is 137 cm³/mol. The molecule has 4 N–H and O–H groups in total. The van der Waals surface area contributed by atoms with Gasteiger partial charge in [0.1, 0.15) is 11.9 Å². The van der Waals surface area contributed by atoms with Crippen LogP contribution in [0.25, 0.3) is 5.69 Å². The minimum atomic E-state index is -4.85. The number of nitrogens with two attached hydrogens (primary N) is 1. The van der Waals surface area contributed by atoms with Crippen LogP contribution in [0.5, 0.6) is 5.88 Å². The summed E-state index contributed by atoms with van der Waals surface area (Å²) in [6.45, 7) is 3.33. The van der Waals surface area contributed by atoms with Crippen molar-refractivity contribution in [1.82, 2.24) is 25.1 Å². The summed E-state index contributed by atoms with van der Waals surface area (Å²) in [6.07, 6.45) is -3.89. The van der Waals surface area contributed by atoms with Crippen molar-refractivity contribution in [1.29, 1.82) is 5.26 Å². The molecule has 1 aromatic carbocycles. The smallest absolute Gasteiger partial charge is 0.429 e. The molecule has 0 saturated carbocycles. The van der Waals surface area contributed by atoms with Gasteiger partial charge in [0.25, 0.3) is 0 Å². The van der Waals surface area contributed by atoms with Gasteiger partial charge in [-0.05, 0) is 49.8 Å². The number of nitrogens with zero attached hydrogens (tertiary/aromatic N) is 6. The van der Waals surface area contributed by atoms with Crippen molar-refractivity contribution in [2.24, 2.45) is 5.41 Å². The van der Waals surface area contributed by atoms with Crippen LogP contribution in [0.15, 0.2) is 36.5 Å². The maximum Gasteiger partial charge on any atom is 0.429 e. The lowest BCUT2D eigenvalue weighted by Crippen LogP contribution is -2.41. The topological polar surface area (TPSA) is 155 Å². The molecule has 14 heteroatoms. The molecule has 0 amide bonds. The van der Waals surface area contributed by atoms with E-state index in [1.54, 1.807) is 13.0 Å². The second-order valence-electron chi connectivity index (χ2n) is 10.2. The third-order valence-electron chi connectivity index (χ3n) is 7.46. The number of carboxylic acid groups (broad SMARTS) is 1. The average molecular weight is 557 g/mol. The number of carbonyl (C=O) groups is 1. The second-order valence-corrected chi connectivity index (χ2v) is 10.2. The first-order valence-electron chi connectivity index (χ1n) is 12.6. The third-order valence-corrected chi connectivity index (χ3v) is 7.46. The highest BCUT2D eigenvalue weighted by molar-refractivity contribution is 5.74. The number of nitriles is 1. The minimum Gasteiger partial charge on any atom is -0.480 e. The number of carboxylic acids is 1. The van der Waals surface area contributed by atoms with E-state index in [0.29, 0.717) is 50.4 Å². The number of rotatable bonds is 6. The summed E-state index contributed by atoms with van der Waals surface area (Å²) < 4.78 is 50.0. The van der Waals surface area contributed by atoms with Crippen molar-refractivity contribution in [3.05, 3.63) is 53.3 Å². The number of ether oxygens (including phenoxy) is 1. The highest BCUT2D eigenvalue weighted by atomic mass is 19.4. The summed E-state index contributed by atoms with van der Waals surface area (Å²) in [5, 5.41) is 25.9. The van der Waals surface area contributed by atoms with Gasteiger partial charge in [0.2, 0.25) is 17.9 Å². The molecule has 2 saturated heterocycles. The lowest BCUT2D eigenvalue weighted by atomic mass is 9.76. The lowest BCUT2D eigenvalue weighted by Gasteiger charge is -2.39. The fourth-order valence-corrected chi connectivity index (χ4v) is 5.35. The first-order chi connectivity index (χ1) is 19.0. The zero-order valence-electron chi connectivity index (χ0n) is 21.5. The van der Waals surface area contributed by atoms with E-state index in [-0.39, 0.29) is 34.1 Å². The Kier molecular flexibility index (Phi) is 7.01. The van der Waals surface area contributed by atoms with Gasteiger partial charge in [0.15, 0.2) is 0 Å². The lowest BCUT2D eigenvalue weighted by molar-refractivity contribution is -0.198. The molecule has 5 rings (SSSR count). The Morgan fingerprint density at radius 1 is 1.27 bits per heavy atom. The minimum absolute atomic E-state index is 0.0443. The molecule has 2 fully saturated rings. The Labute approximate surface area is 227 Å². The van der Waals surface area contributed by atoms with E-state index in [4.69, 9.17) is 10.5 Å². The van der Waals surface area contributed by atoms with E-state index in [2.05, 4.69) is 20.4 Å². The van der Waals surface area contributed by atoms with E-state index >= 15 is 0 Å². The number of aliphatic carboxylic acids is 1. The Morgan fingerprint density at radius 3 is 2.62 bits per heavy atom. The summed E-state index contributed by atoms with van der Waals surface area (Å²) >= 11 is 0. The predicted octanol–water partition coefficient (Wildman–Crippen LogP) is 3.14. The number of hydrogen-bond acceptors (Lipinski definition) is 9. The normalized spacial score (nSPS) is 19.4. The standard InChI is InChI=1S/C26H27F3N8O3/c1-15-4-7-37(35-15)19-10-16(13-30)2-3-17(19)22(26(27,28)29)40-21-11-20(33-24(31)34-21)36-8-5-25(6-9-36)12-18(23(38)39)32-14-25/h2-4,7,10-11,18,22,32H,5-6,8-9,12,14H2,1H3,(H,38,39)(H2,31,33,34)/t18?,22-/m1/s1. The van der Waals surface area contributed by atoms with Gasteiger partial charge in [-0.2, -0.15) is 33.5 Å². The van der Waals surface area contributed by atoms with E-state index in [0.717, 1.165) is 0 Å². The van der Waals surface area contributed by atoms with Gasteiger partial charge >= 0.3 is 12.1 Å². The Balaban J connectivity index is 1.41. The summed E-state index contributed by atoms with van der Waals surface area (Å²) in [5.74, 6) is -1.16. The zero-order chi connectivity index (χ0) is 28.7. The van der Waals surface area contributed by atoms with Crippen molar-refractivity contribution in [3.63, 3.8) is 0 Å². The van der Waals surface area contributed by atoms with Crippen LogP contribution in [0.2, 0.25) is 0 Å². The number of benzene rings is 1. The van der Waals surface area contributed by atoms with Crippen molar-refractivity contribution >= 4 is 17.7 Å². The fraction of sp³-hybridized carbons (Fsp3) is 0.423. The number of hydrogen-bond donors (Lipinski definition) is 3. The largest absolute Gasteiger partial charge is 0.480 e. The molecule has 0 radical (unpaired) electrons. The van der Waals surface area contributed by atoms with Gasteiger partial charge in [-0.1, -0.05) is 6.07 Å². The number of aryl methyl sites for hydroxylation is 1. The second kappa shape index (κ2) is 10.3. The van der Waals surface area contributed by atoms with Crippen LogP contribution in [0.4, 0.5) is 24.9 Å². The molecule has 11 nitrogen and oxygen atoms in total. The van der Waals surface area contributed by atoms with Gasteiger partial charge in [0, 0.05) is 37.5 Å². The number of piperidine rings is 1. The van der Waals surface area contributed by atoms with Crippen LogP contribution in [-0.2, 0) is 4.79 Å². The van der Waals surface area contributed by atoms with Crippen LogP contribution in [0.1, 0.15) is 42.2 Å². The molecule has 2 aromatic heterocycles. The highest BCUT2D eigenvalue weighted by Gasteiger charge is 2.46. The quantitative estimate of drug-likeness (QED) is 0.412. The summed E-state index contributed by atoms with van der Waals surface area (Å²) in [5.41, 5.74) is 6.26. The molecule has 40 heavy (non-hydrogen) atoms. The number of nitrogens with one attached hydrogen (secondary N) is 1. The summed E-state index contributed by atoms with van der Waals surface area (Å²) in [4.78, 5) is 21.4. The Hall–Kier alpha value is -4.38. The molecule has 2 atom stereocenters. The number of halogens is 3. The molecule has 0 aliphatic carbocycles. The third kappa shape index (κ3) is 5.50. The van der Waals surface area contributed by atoms with Crippen molar-refractivity contribution < 1.29 is 27.8 Å². The molecule has 1 unspecified atom stereocenters. The summed E-state index contributed by atoms with van der Waals surface area (Å²) in [6, 6.07) is 8.11. The first kappa shape index (κ1) is 27.2. The van der Waals surface area contributed by atoms with E-state index in [9.17, 15) is 28.3 Å². The number of alkyl halides is 3. The van der Waals surface area contributed by atoms with Gasteiger partial charge in [0.05, 0.1) is 23.0 Å². The molecule has 2 aliphatic heterocycles. The van der Waals surface area contributed by atoms with Crippen LogP contribution < -0.4 is 20.7 Å². The molecule has 4 heterocycles. The molecule has 210 valence electrons. The number of anilines is 2. The van der Waals surface area contributed by atoms with E-state index in [1.165, 1.54) is 35.1 Å². The Bertz CT molecular complexity index is 1460. The molecular weight excluding hydrogens is 529 g/mol. The van der Waals surface area contributed by atoms with Crippen LogP contribution in [0.3, 0.4) is 0 Å². The van der Waals surface area contributed by atoms with Crippen molar-refractivity contribution in [3.8, 4) is 17.6 Å². The fourth-order valence-electron chi connectivity index (χ4n) is 5.35. The molecule has 1 spiro atoms. The van der Waals surface area contributed by atoms with Crippen molar-refractivity contribution in [2.75, 3.05) is 30.3 Å². The van der Waals surface area contributed by atoms with Gasteiger partial charge < -0.3 is 25.8 Å². The first-order valence-corrected chi connectivity index (χ1v) is 12.6. The Morgan fingerprint density at radius 2 is 2.02 bits per heavy atom. The van der Waals surface area contributed by atoms with Gasteiger partial charge in [-0.3, -0.25) is 4.79 Å². The summed E-state index contributed by atoms with van der Waals surface area (Å²) in [7, 11) is 0. The van der Waals surface area contributed by atoms with Gasteiger partial charge in [-0.25, -0.2) is 4.68 Å². The SMILES string of the molecule is Cc1ccn(-c2cc(C#N)ccc2[C@@H](Oc2cc(N3CCC4(CC3)CNC(C(=O)O)C4)nc(N)n2)C(F)(F)F)n1. The molecule has 0 bridgehead atoms. The number of nitrogen functional groups attached to an aromatic ring is 1. The van der Waals surface area contributed by atoms with E-state index < -0.39 is 24.3 Å². The molecule has 2 aliphatic rings. The number of aromatic nitrogens is 4. The van der Waals surface area contributed by atoms with Gasteiger partial charge in [-0.15, -0.1) is 0 Å². The molecule has 3 aromatic rings. The monoisotopic (exact) mass is 556 g/mol. The van der Waals surface area contributed by atoms with Crippen LogP contribution >= 0.6 is 0 Å². The maximum absolute atomic E-state index is 14.4. The van der Waals surface area contributed by atoms with Crippen molar-refractivity contribution in [2.45, 2.75) is 44.5 Å². The van der Waals surface area contributed by atoms with Crippen LogP contribution in [0, 0.1) is 23.7 Å². The van der Waals surface area contributed by atoms with E-state index in [1.807, 2.05) is 11.0 Å². The highest BCUT2D eigenvalue weighted by Crippen LogP contribution is 2.42. The zero-order valence-corrected chi connectivity index (χ0v) is 21.5. The maximum atomic E-state index is 14.4. The average Bonchev–Trinajstić information content (AvgIpc) is 3.53. The molecular formula is C26H27F3N8O3. The van der Waals surface area contributed by atoms with Crippen LogP contribution in [-0.4, -0.2) is 62.7 Å².